The molecule has 36 heteroatoms. The van der Waals surface area contributed by atoms with Gasteiger partial charge in [-0.2, -0.15) is 17.2 Å². The van der Waals surface area contributed by atoms with E-state index in [0.717, 1.165) is 29.5 Å². The van der Waals surface area contributed by atoms with Gasteiger partial charge in [0.25, 0.3) is 5.56 Å². The first-order valence-corrected chi connectivity index (χ1v) is 21.8. The number of anilines is 1. The van der Waals surface area contributed by atoms with Crippen LogP contribution in [-0.2, 0) is 58.6 Å². The molecule has 3 aromatic rings. The average molecular weight is 893 g/mol. The second-order valence-corrected chi connectivity index (χ2v) is 18.8. The summed E-state index contributed by atoms with van der Waals surface area (Å²) in [6.45, 7) is -2.44. The molecular weight excluding hydrogens is 865 g/mol. The molecule has 0 saturated carbocycles. The first-order valence-electron chi connectivity index (χ1n) is 14.4. The van der Waals surface area contributed by atoms with Crippen LogP contribution in [0.15, 0.2) is 34.5 Å². The number of nitrogens with zero attached hydrogens (tertiary/aromatic N) is 5. The summed E-state index contributed by atoms with van der Waals surface area (Å²) >= 11 is 0. The highest BCUT2D eigenvalue weighted by Gasteiger charge is 2.51. The number of fused-ring (bicyclic) bond motifs is 1. The second-order valence-electron chi connectivity index (χ2n) is 11.0. The van der Waals surface area contributed by atoms with E-state index < -0.39 is 113 Å². The van der Waals surface area contributed by atoms with Gasteiger partial charge < -0.3 is 60.1 Å². The minimum absolute atomic E-state index is 0.0418. The molecule has 0 aliphatic carbocycles. The molecule has 55 heavy (non-hydrogen) atoms. The highest BCUT2D eigenvalue weighted by Crippen LogP contribution is 2.73. The zero-order chi connectivity index (χ0) is 40.9. The molecule has 0 spiro atoms. The first-order chi connectivity index (χ1) is 25.3. The molecule has 13 unspecified atom stereocenters. The van der Waals surface area contributed by atoms with Crippen LogP contribution in [0.2, 0.25) is 0 Å². The molecule has 2 aliphatic rings. The maximum absolute atomic E-state index is 12.4. The Morgan fingerprint density at radius 3 is 1.62 bits per heavy atom. The van der Waals surface area contributed by atoms with E-state index in [1.807, 2.05) is 4.98 Å². The largest absolute Gasteiger partial charge is 0.490 e. The van der Waals surface area contributed by atoms with E-state index >= 15 is 0 Å². The van der Waals surface area contributed by atoms with Gasteiger partial charge >= 0.3 is 44.8 Å². The molecule has 3 aromatic heterocycles. The Hall–Kier alpha value is -2.50. The molecule has 5 rings (SSSR count). The second kappa shape index (κ2) is 16.0. The van der Waals surface area contributed by atoms with Crippen LogP contribution in [0.25, 0.3) is 11.2 Å². The van der Waals surface area contributed by atoms with Gasteiger partial charge in [0.1, 0.15) is 48.5 Å². The summed E-state index contributed by atoms with van der Waals surface area (Å²) in [5, 5.41) is 41.2. The van der Waals surface area contributed by atoms with E-state index in [-0.39, 0.29) is 17.0 Å². The number of hydrogen-bond acceptors (Lipinski definition) is 23. The number of imidazole rings is 1. The quantitative estimate of drug-likeness (QED) is 0.0631. The molecule has 31 nitrogen and oxygen atoms in total. The van der Waals surface area contributed by atoms with Crippen molar-refractivity contribution in [3.8, 4) is 0 Å². The van der Waals surface area contributed by atoms with Crippen LogP contribution in [0.3, 0.4) is 0 Å². The van der Waals surface area contributed by atoms with E-state index in [1.54, 1.807) is 0 Å². The number of nitrogens with one attached hydrogen (secondary N) is 1. The molecule has 0 radical (unpaired) electrons. The fraction of sp³-hybridized carbons (Fsp3) is 0.526. The van der Waals surface area contributed by atoms with E-state index in [1.165, 1.54) is 0 Å². The molecule has 308 valence electrons. The molecule has 0 amide bonds. The average Bonchev–Trinajstić information content (AvgIpc) is 3.67. The highest BCUT2D eigenvalue weighted by molar-refractivity contribution is 7.71. The number of hydrogen-bond donors (Lipinski definition) is 11. The summed E-state index contributed by atoms with van der Waals surface area (Å²) in [4.78, 5) is 85.7. The normalized spacial score (nSPS) is 31.3. The van der Waals surface area contributed by atoms with Crippen molar-refractivity contribution in [2.24, 2.45) is 0 Å². The lowest BCUT2D eigenvalue weighted by atomic mass is 10.1. The number of aliphatic hydroxyl groups excluding tert-OH is 4. The maximum atomic E-state index is 12.4. The monoisotopic (exact) mass is 893 g/mol. The molecule has 0 aromatic carbocycles. The van der Waals surface area contributed by atoms with Crippen molar-refractivity contribution in [3.63, 3.8) is 0 Å². The fourth-order valence-corrected chi connectivity index (χ4v) is 11.2. The third kappa shape index (κ3) is 10.5. The van der Waals surface area contributed by atoms with Gasteiger partial charge in [-0.05, 0) is 0 Å². The molecule has 13 atom stereocenters. The van der Waals surface area contributed by atoms with Crippen LogP contribution in [0.5, 0.6) is 0 Å². The minimum atomic E-state index is -6.47. The van der Waals surface area contributed by atoms with Crippen LogP contribution >= 0.6 is 39.1 Å². The smallest absolute Gasteiger partial charge is 0.387 e. The third-order valence-corrected chi connectivity index (χ3v) is 14.6. The number of nitrogens with two attached hydrogens (primary N) is 1. The first kappa shape index (κ1) is 43.6. The van der Waals surface area contributed by atoms with Gasteiger partial charge in [0.15, 0.2) is 23.9 Å². The van der Waals surface area contributed by atoms with Gasteiger partial charge in [-0.1, -0.05) is 0 Å². The van der Waals surface area contributed by atoms with E-state index in [4.69, 9.17) is 15.2 Å². The molecular formula is C19H28N7O24P5. The Kier molecular flexibility index (Phi) is 12.7. The van der Waals surface area contributed by atoms with Crippen LogP contribution in [0, 0.1) is 0 Å². The standard InChI is InChI=1S/C19H28N7O24P5/c20-15-10-16(22-5-21-15)26(6-23-10)18-14(31)12(29)8(46-18)4-44-52(35,36)48-54(39,40)50-55(41,42)49-53(37,38)47-51(33,34)43-3-7-11(28)13(30)17(45-7)25-2-1-9(27)24-19(25)32/h1-2,5-8,11-14,17-18,28-31H,3-4H2,(H,33,34)(H,35,36)(H,37,38)(H,39,40)(H,41,42)(H2,20,21,22)(H,24,27,32). The predicted octanol–water partition coefficient (Wildman–Crippen LogP) is -3.20. The van der Waals surface area contributed by atoms with Gasteiger partial charge in [0.05, 0.1) is 19.5 Å². The summed E-state index contributed by atoms with van der Waals surface area (Å²) in [5.74, 6) is -0.0458. The van der Waals surface area contributed by atoms with E-state index in [9.17, 15) is 77.3 Å². The Labute approximate surface area is 302 Å². The van der Waals surface area contributed by atoms with Crippen LogP contribution in [0.1, 0.15) is 12.5 Å². The van der Waals surface area contributed by atoms with Gasteiger partial charge in [0.2, 0.25) is 0 Å². The summed E-state index contributed by atoms with van der Waals surface area (Å²) in [5.41, 5.74) is 3.90. The number of aromatic nitrogens is 6. The SMILES string of the molecule is Nc1ncnc2c1ncn2C1OC(COP(=O)(O)OP(=O)(O)OP(=O)(O)OP(=O)(O)OP(=O)(O)OCC2OC(n3ccc(=O)[nH]c3=O)C(O)C2O)C(O)C1O. The van der Waals surface area contributed by atoms with Crippen molar-refractivity contribution in [2.75, 3.05) is 18.9 Å². The Morgan fingerprint density at radius 1 is 0.691 bits per heavy atom. The summed E-state index contributed by atoms with van der Waals surface area (Å²) in [6.07, 6.45) is -11.0. The highest BCUT2D eigenvalue weighted by atomic mass is 31.3. The summed E-state index contributed by atoms with van der Waals surface area (Å²) in [7, 11) is -31.0. The Bertz CT molecular complexity index is 2270. The zero-order valence-corrected chi connectivity index (χ0v) is 31.0. The molecule has 5 heterocycles. The van der Waals surface area contributed by atoms with E-state index in [0.29, 0.717) is 4.57 Å². The molecule has 2 saturated heterocycles. The number of rotatable bonds is 16. The zero-order valence-electron chi connectivity index (χ0n) is 26.5. The lowest BCUT2D eigenvalue weighted by Crippen LogP contribution is -2.37. The Balaban J connectivity index is 1.13. The number of phosphoric acid groups is 5. The maximum Gasteiger partial charge on any atom is 0.490 e. The number of H-pyrrole nitrogens is 1. The van der Waals surface area contributed by atoms with Crippen molar-refractivity contribution in [3.05, 3.63) is 45.8 Å². The minimum Gasteiger partial charge on any atom is -0.387 e. The van der Waals surface area contributed by atoms with Gasteiger partial charge in [-0.25, -0.2) is 42.6 Å². The lowest BCUT2D eigenvalue weighted by Gasteiger charge is -2.21. The van der Waals surface area contributed by atoms with Crippen molar-refractivity contribution in [2.45, 2.75) is 49.1 Å². The van der Waals surface area contributed by atoms with Crippen LogP contribution < -0.4 is 17.0 Å². The number of nitrogen functional groups attached to an aromatic ring is 1. The predicted molar refractivity (Wildman–Crippen MR) is 168 cm³/mol. The Morgan fingerprint density at radius 2 is 1.15 bits per heavy atom. The number of ether oxygens (including phenoxy) is 2. The van der Waals surface area contributed by atoms with Crippen molar-refractivity contribution in [1.82, 2.24) is 29.1 Å². The molecule has 12 N–H and O–H groups in total. The molecule has 2 aliphatic heterocycles. The number of aliphatic hydroxyl groups is 4. The van der Waals surface area contributed by atoms with Crippen molar-refractivity contribution >= 4 is 56.1 Å². The summed E-state index contributed by atoms with van der Waals surface area (Å²) in [6, 6.07) is 0.851. The van der Waals surface area contributed by atoms with Crippen LogP contribution in [-0.4, -0.2) is 124 Å². The number of aromatic amines is 1. The molecule has 2 fully saturated rings. The van der Waals surface area contributed by atoms with Gasteiger partial charge in [0, 0.05) is 12.3 Å². The summed E-state index contributed by atoms with van der Waals surface area (Å²) < 4.78 is 97.3. The number of phosphoric ester groups is 2. The third-order valence-electron chi connectivity index (χ3n) is 7.09. The van der Waals surface area contributed by atoms with Crippen LogP contribution in [0.4, 0.5) is 5.82 Å². The van der Waals surface area contributed by atoms with Crippen molar-refractivity contribution < 1.29 is 103 Å². The van der Waals surface area contributed by atoms with E-state index in [2.05, 4.69) is 41.2 Å². The molecule has 0 bridgehead atoms. The van der Waals surface area contributed by atoms with Gasteiger partial charge in [-0.3, -0.25) is 28.0 Å². The van der Waals surface area contributed by atoms with Gasteiger partial charge in [-0.15, -0.1) is 0 Å². The topological polar surface area (TPSA) is 466 Å². The van der Waals surface area contributed by atoms with Crippen molar-refractivity contribution in [1.29, 1.82) is 0 Å². The fourth-order valence-electron chi connectivity index (χ4n) is 4.83. The lowest BCUT2D eigenvalue weighted by molar-refractivity contribution is -0.0542.